The zero-order valence-electron chi connectivity index (χ0n) is 5.70. The van der Waals surface area contributed by atoms with Gasteiger partial charge < -0.3 is 11.1 Å². The summed E-state index contributed by atoms with van der Waals surface area (Å²) < 4.78 is 34.8. The molecule has 0 rings (SSSR count). The van der Waals surface area contributed by atoms with Crippen LogP contribution in [0.5, 0.6) is 0 Å². The quantitative estimate of drug-likeness (QED) is 0.624. The molecule has 1 atom stereocenters. The summed E-state index contributed by atoms with van der Waals surface area (Å²) in [5, 5.41) is 2.51. The zero-order valence-corrected chi connectivity index (χ0v) is 5.70. The van der Waals surface area contributed by atoms with Gasteiger partial charge in [0, 0.05) is 6.54 Å². The summed E-state index contributed by atoms with van der Waals surface area (Å²) in [5.41, 5.74) is 4.75. The molecular formula is C5H11F3N2. The van der Waals surface area contributed by atoms with Crippen molar-refractivity contribution in [1.29, 1.82) is 0 Å². The lowest BCUT2D eigenvalue weighted by molar-refractivity contribution is -0.146. The number of hydrogen-bond acceptors (Lipinski definition) is 2. The van der Waals surface area contributed by atoms with Crippen molar-refractivity contribution in [3.05, 3.63) is 0 Å². The van der Waals surface area contributed by atoms with Crippen molar-refractivity contribution in [2.75, 3.05) is 13.1 Å². The Morgan fingerprint density at radius 2 is 2.00 bits per heavy atom. The normalized spacial score (nSPS) is 15.3. The van der Waals surface area contributed by atoms with E-state index in [0.29, 0.717) is 6.54 Å². The van der Waals surface area contributed by atoms with Crippen LogP contribution in [0, 0.1) is 0 Å². The first-order valence-electron chi connectivity index (χ1n) is 3.01. The number of alkyl halides is 3. The van der Waals surface area contributed by atoms with Gasteiger partial charge >= 0.3 is 6.18 Å². The van der Waals surface area contributed by atoms with Gasteiger partial charge in [-0.3, -0.25) is 0 Å². The van der Waals surface area contributed by atoms with E-state index < -0.39 is 12.2 Å². The summed E-state index contributed by atoms with van der Waals surface area (Å²) >= 11 is 0. The summed E-state index contributed by atoms with van der Waals surface area (Å²) in [5.74, 6) is 0. The topological polar surface area (TPSA) is 38.0 Å². The van der Waals surface area contributed by atoms with E-state index in [-0.39, 0.29) is 6.54 Å². The Balaban J connectivity index is 3.52. The van der Waals surface area contributed by atoms with E-state index in [9.17, 15) is 13.2 Å². The molecule has 0 aliphatic heterocycles. The van der Waals surface area contributed by atoms with Crippen LogP contribution in [0.3, 0.4) is 0 Å². The molecule has 0 saturated carbocycles. The molecule has 0 aliphatic carbocycles. The molecular weight excluding hydrogens is 145 g/mol. The van der Waals surface area contributed by atoms with Gasteiger partial charge in [-0.05, 0) is 6.54 Å². The molecule has 10 heavy (non-hydrogen) atoms. The molecule has 3 N–H and O–H groups in total. The third-order valence-corrected chi connectivity index (χ3v) is 1.03. The molecule has 0 aliphatic rings. The van der Waals surface area contributed by atoms with Crippen LogP contribution in [-0.4, -0.2) is 25.3 Å². The standard InChI is InChI=1S/C5H11F3N2/c1-2-10-3-4(9)5(6,7)8/h4,10H,2-3,9H2,1H3/t4-/m1/s1. The fourth-order valence-electron chi connectivity index (χ4n) is 0.416. The maximum atomic E-state index is 11.6. The Bertz CT molecular complexity index is 91.4. The molecule has 2 nitrogen and oxygen atoms in total. The SMILES string of the molecule is CCNC[C@@H](N)C(F)(F)F. The molecule has 0 saturated heterocycles. The molecule has 0 bridgehead atoms. The van der Waals surface area contributed by atoms with Gasteiger partial charge in [0.05, 0.1) is 0 Å². The minimum atomic E-state index is -4.28. The lowest BCUT2D eigenvalue weighted by Crippen LogP contribution is -2.45. The van der Waals surface area contributed by atoms with Crippen LogP contribution in [0.1, 0.15) is 6.92 Å². The van der Waals surface area contributed by atoms with Gasteiger partial charge in [0.1, 0.15) is 6.04 Å². The van der Waals surface area contributed by atoms with Crippen molar-refractivity contribution < 1.29 is 13.2 Å². The van der Waals surface area contributed by atoms with Crippen LogP contribution < -0.4 is 11.1 Å². The van der Waals surface area contributed by atoms with Gasteiger partial charge in [0.2, 0.25) is 0 Å². The molecule has 0 spiro atoms. The van der Waals surface area contributed by atoms with E-state index in [4.69, 9.17) is 5.73 Å². The van der Waals surface area contributed by atoms with Crippen molar-refractivity contribution in [3.8, 4) is 0 Å². The van der Waals surface area contributed by atoms with Crippen molar-refractivity contribution in [2.24, 2.45) is 5.73 Å². The van der Waals surface area contributed by atoms with E-state index in [1.807, 2.05) is 0 Å². The molecule has 0 amide bonds. The smallest absolute Gasteiger partial charge is 0.319 e. The zero-order chi connectivity index (χ0) is 8.20. The van der Waals surface area contributed by atoms with E-state index in [1.165, 1.54) is 0 Å². The highest BCUT2D eigenvalue weighted by Crippen LogP contribution is 2.17. The van der Waals surface area contributed by atoms with Crippen LogP contribution in [-0.2, 0) is 0 Å². The van der Waals surface area contributed by atoms with E-state index in [1.54, 1.807) is 6.92 Å². The molecule has 0 fully saturated rings. The number of hydrogen-bond donors (Lipinski definition) is 2. The van der Waals surface area contributed by atoms with Gasteiger partial charge in [0.25, 0.3) is 0 Å². The molecule has 0 unspecified atom stereocenters. The molecule has 62 valence electrons. The summed E-state index contributed by atoms with van der Waals surface area (Å²) in [7, 11) is 0. The average Bonchev–Trinajstić information content (AvgIpc) is 1.80. The second-order valence-electron chi connectivity index (χ2n) is 1.96. The minimum absolute atomic E-state index is 0.208. The van der Waals surface area contributed by atoms with Gasteiger partial charge in [-0.2, -0.15) is 13.2 Å². The summed E-state index contributed by atoms with van der Waals surface area (Å²) in [6.07, 6.45) is -4.28. The first kappa shape index (κ1) is 9.71. The van der Waals surface area contributed by atoms with Crippen molar-refractivity contribution >= 4 is 0 Å². The Labute approximate surface area is 57.6 Å². The third-order valence-electron chi connectivity index (χ3n) is 1.03. The number of nitrogens with two attached hydrogens (primary N) is 1. The maximum Gasteiger partial charge on any atom is 0.404 e. The Kier molecular flexibility index (Phi) is 3.67. The number of halogens is 3. The number of nitrogens with one attached hydrogen (secondary N) is 1. The van der Waals surface area contributed by atoms with E-state index in [2.05, 4.69) is 5.32 Å². The van der Waals surface area contributed by atoms with Gasteiger partial charge in [0.15, 0.2) is 0 Å². The van der Waals surface area contributed by atoms with Crippen molar-refractivity contribution in [2.45, 2.75) is 19.1 Å². The highest BCUT2D eigenvalue weighted by atomic mass is 19.4. The molecule has 0 aromatic rings. The van der Waals surface area contributed by atoms with Gasteiger partial charge in [-0.25, -0.2) is 0 Å². The summed E-state index contributed by atoms with van der Waals surface area (Å²) in [6, 6.07) is -1.74. The average molecular weight is 156 g/mol. The predicted octanol–water partition coefficient (Wildman–Crippen LogP) is 0.485. The predicted molar refractivity (Wildman–Crippen MR) is 32.6 cm³/mol. The van der Waals surface area contributed by atoms with E-state index >= 15 is 0 Å². The summed E-state index contributed by atoms with van der Waals surface area (Å²) in [6.45, 7) is 2.02. The Morgan fingerprint density at radius 3 is 2.30 bits per heavy atom. The molecule has 0 aromatic carbocycles. The molecule has 0 aromatic heterocycles. The number of likely N-dealkylation sites (N-methyl/N-ethyl adjacent to an activating group) is 1. The lowest BCUT2D eigenvalue weighted by Gasteiger charge is -2.14. The van der Waals surface area contributed by atoms with E-state index in [0.717, 1.165) is 0 Å². The Morgan fingerprint density at radius 1 is 1.50 bits per heavy atom. The lowest BCUT2D eigenvalue weighted by atomic mass is 10.3. The minimum Gasteiger partial charge on any atom is -0.319 e. The largest absolute Gasteiger partial charge is 0.404 e. The fourth-order valence-corrected chi connectivity index (χ4v) is 0.416. The van der Waals surface area contributed by atoms with Crippen LogP contribution in [0.2, 0.25) is 0 Å². The van der Waals surface area contributed by atoms with Crippen LogP contribution in [0.15, 0.2) is 0 Å². The highest BCUT2D eigenvalue weighted by Gasteiger charge is 2.35. The molecule has 5 heteroatoms. The molecule has 0 heterocycles. The van der Waals surface area contributed by atoms with Gasteiger partial charge in [-0.1, -0.05) is 6.92 Å². The van der Waals surface area contributed by atoms with Crippen LogP contribution in [0.25, 0.3) is 0 Å². The monoisotopic (exact) mass is 156 g/mol. The Hall–Kier alpha value is -0.290. The first-order valence-corrected chi connectivity index (χ1v) is 3.01. The van der Waals surface area contributed by atoms with Crippen LogP contribution >= 0.6 is 0 Å². The van der Waals surface area contributed by atoms with Crippen molar-refractivity contribution in [1.82, 2.24) is 5.32 Å². The summed E-state index contributed by atoms with van der Waals surface area (Å²) in [4.78, 5) is 0. The van der Waals surface area contributed by atoms with Gasteiger partial charge in [-0.15, -0.1) is 0 Å². The maximum absolute atomic E-state index is 11.6. The van der Waals surface area contributed by atoms with Crippen LogP contribution in [0.4, 0.5) is 13.2 Å². The molecule has 0 radical (unpaired) electrons. The third kappa shape index (κ3) is 3.68. The fraction of sp³-hybridized carbons (Fsp3) is 1.00. The van der Waals surface area contributed by atoms with Crippen molar-refractivity contribution in [3.63, 3.8) is 0 Å². The second kappa shape index (κ2) is 3.78. The number of rotatable bonds is 3. The second-order valence-corrected chi connectivity index (χ2v) is 1.96. The first-order chi connectivity index (χ1) is 4.48. The highest BCUT2D eigenvalue weighted by molar-refractivity contribution is 4.72.